The van der Waals surface area contributed by atoms with Gasteiger partial charge in [-0.25, -0.2) is 4.79 Å². The number of aromatic nitrogens is 1. The number of nitrogens with zero attached hydrogens (tertiary/aromatic N) is 3. The second-order valence-corrected chi connectivity index (χ2v) is 8.09. The molecule has 1 aliphatic carbocycles. The molecule has 0 radical (unpaired) electrons. The molecule has 1 aromatic rings. The van der Waals surface area contributed by atoms with E-state index >= 15 is 0 Å². The summed E-state index contributed by atoms with van der Waals surface area (Å²) in [5, 5.41) is 2.86. The number of rotatable bonds is 6. The van der Waals surface area contributed by atoms with Crippen molar-refractivity contribution in [3.63, 3.8) is 0 Å². The Morgan fingerprint density at radius 2 is 2.07 bits per heavy atom. The quantitative estimate of drug-likeness (QED) is 0.716. The van der Waals surface area contributed by atoms with Crippen LogP contribution in [0.4, 0.5) is 4.79 Å². The standard InChI is InChI=1S/C20H29N5O3.ClH/c1-28-20(14-5-6-22-17(11-14)18(21)26)15-3-2-4-16(20)13-24(12-15)9-10-25-8-7-23-19(25)27;/h5-6,11,15-16H,2-4,7-10,12-13H2,1H3,(H2,21,26)(H,23,27);1H/t15-,16+,20-;. The monoisotopic (exact) mass is 423 g/mol. The predicted molar refractivity (Wildman–Crippen MR) is 111 cm³/mol. The van der Waals surface area contributed by atoms with E-state index in [1.807, 2.05) is 11.0 Å². The molecule has 1 aromatic heterocycles. The number of piperidine rings is 1. The third-order valence-electron chi connectivity index (χ3n) is 6.71. The summed E-state index contributed by atoms with van der Waals surface area (Å²) in [7, 11) is 1.78. The minimum absolute atomic E-state index is 0. The molecule has 1 saturated carbocycles. The Bertz CT molecular complexity index is 747. The van der Waals surface area contributed by atoms with Gasteiger partial charge in [0.15, 0.2) is 0 Å². The third-order valence-corrected chi connectivity index (χ3v) is 6.71. The number of primary amides is 1. The molecule has 3 aliphatic rings. The van der Waals surface area contributed by atoms with Crippen LogP contribution in [0, 0.1) is 11.8 Å². The van der Waals surface area contributed by atoms with E-state index in [4.69, 9.17) is 10.5 Å². The van der Waals surface area contributed by atoms with Crippen molar-refractivity contribution in [3.8, 4) is 0 Å². The van der Waals surface area contributed by atoms with Crippen molar-refractivity contribution in [2.45, 2.75) is 24.9 Å². The fourth-order valence-corrected chi connectivity index (χ4v) is 5.42. The summed E-state index contributed by atoms with van der Waals surface area (Å²) in [6.07, 6.45) is 5.01. The molecule has 9 heteroatoms. The summed E-state index contributed by atoms with van der Waals surface area (Å²) in [6.45, 7) is 5.01. The minimum Gasteiger partial charge on any atom is -0.373 e. The molecule has 3 heterocycles. The molecule has 2 aliphatic heterocycles. The first-order valence-electron chi connectivity index (χ1n) is 10.1. The molecular weight excluding hydrogens is 394 g/mol. The first-order chi connectivity index (χ1) is 13.5. The zero-order chi connectivity index (χ0) is 19.7. The molecule has 0 aromatic carbocycles. The lowest BCUT2D eigenvalue weighted by Gasteiger charge is -2.55. The van der Waals surface area contributed by atoms with Gasteiger partial charge in [-0.05, 0) is 30.5 Å². The van der Waals surface area contributed by atoms with Crippen LogP contribution >= 0.6 is 12.4 Å². The molecule has 160 valence electrons. The lowest BCUT2D eigenvalue weighted by Crippen LogP contribution is -2.59. The van der Waals surface area contributed by atoms with Crippen molar-refractivity contribution in [1.29, 1.82) is 0 Å². The second kappa shape index (κ2) is 8.85. The van der Waals surface area contributed by atoms with Crippen LogP contribution in [0.5, 0.6) is 0 Å². The van der Waals surface area contributed by atoms with Crippen LogP contribution in [0.1, 0.15) is 35.3 Å². The summed E-state index contributed by atoms with van der Waals surface area (Å²) in [4.78, 5) is 31.9. The lowest BCUT2D eigenvalue weighted by atomic mass is 9.62. The molecule has 2 bridgehead atoms. The van der Waals surface area contributed by atoms with Gasteiger partial charge in [-0.15, -0.1) is 12.4 Å². The van der Waals surface area contributed by atoms with E-state index < -0.39 is 11.5 Å². The Morgan fingerprint density at radius 3 is 2.66 bits per heavy atom. The van der Waals surface area contributed by atoms with Crippen molar-refractivity contribution >= 4 is 24.3 Å². The van der Waals surface area contributed by atoms with Crippen molar-refractivity contribution in [2.75, 3.05) is 46.4 Å². The Hall–Kier alpha value is -1.90. The number of hydrogen-bond acceptors (Lipinski definition) is 5. The SMILES string of the molecule is CO[C@]1(c2ccnc(C(N)=O)c2)[C@@H]2CCC[C@H]1CN(CCN1CCNC1=O)C2.Cl. The third kappa shape index (κ3) is 3.93. The fourth-order valence-electron chi connectivity index (χ4n) is 5.42. The van der Waals surface area contributed by atoms with E-state index in [1.54, 1.807) is 19.4 Å². The van der Waals surface area contributed by atoms with Crippen LogP contribution in [0.2, 0.25) is 0 Å². The summed E-state index contributed by atoms with van der Waals surface area (Å²) >= 11 is 0. The molecule has 3 N–H and O–H groups in total. The van der Waals surface area contributed by atoms with Crippen LogP contribution in [-0.4, -0.2) is 73.1 Å². The van der Waals surface area contributed by atoms with Gasteiger partial charge < -0.3 is 25.6 Å². The number of urea groups is 1. The van der Waals surface area contributed by atoms with E-state index in [9.17, 15) is 9.59 Å². The molecule has 29 heavy (non-hydrogen) atoms. The first kappa shape index (κ1) is 21.8. The highest BCUT2D eigenvalue weighted by atomic mass is 35.5. The number of nitrogens with two attached hydrogens (primary N) is 1. The normalized spacial score (nSPS) is 29.3. The number of nitrogens with one attached hydrogen (secondary N) is 1. The van der Waals surface area contributed by atoms with Crippen molar-refractivity contribution in [2.24, 2.45) is 17.6 Å². The number of pyridine rings is 1. The van der Waals surface area contributed by atoms with Crippen LogP contribution in [-0.2, 0) is 10.3 Å². The van der Waals surface area contributed by atoms with Gasteiger partial charge >= 0.3 is 6.03 Å². The number of fused-ring (bicyclic) bond motifs is 2. The first-order valence-corrected chi connectivity index (χ1v) is 10.1. The zero-order valence-electron chi connectivity index (χ0n) is 16.8. The Balaban J connectivity index is 0.00000240. The van der Waals surface area contributed by atoms with Gasteiger partial charge in [0.25, 0.3) is 5.91 Å². The smallest absolute Gasteiger partial charge is 0.317 e. The number of methoxy groups -OCH3 is 1. The summed E-state index contributed by atoms with van der Waals surface area (Å²) < 4.78 is 6.23. The van der Waals surface area contributed by atoms with Gasteiger partial charge in [0, 0.05) is 64.4 Å². The number of carbonyl (C=O) groups is 2. The van der Waals surface area contributed by atoms with Crippen LogP contribution in [0.15, 0.2) is 18.3 Å². The van der Waals surface area contributed by atoms with E-state index in [-0.39, 0.29) is 24.1 Å². The highest BCUT2D eigenvalue weighted by molar-refractivity contribution is 5.90. The predicted octanol–water partition coefficient (Wildman–Crippen LogP) is 1.20. The van der Waals surface area contributed by atoms with Crippen molar-refractivity contribution < 1.29 is 14.3 Å². The Kier molecular flexibility index (Phi) is 6.65. The maximum atomic E-state index is 11.8. The van der Waals surface area contributed by atoms with E-state index in [0.717, 1.165) is 57.7 Å². The minimum atomic E-state index is -0.514. The molecule has 8 nitrogen and oxygen atoms in total. The second-order valence-electron chi connectivity index (χ2n) is 8.09. The highest BCUT2D eigenvalue weighted by Gasteiger charge is 2.53. The van der Waals surface area contributed by atoms with Gasteiger partial charge in [-0.1, -0.05) is 6.42 Å². The zero-order valence-corrected chi connectivity index (χ0v) is 17.6. The maximum absolute atomic E-state index is 11.8. The van der Waals surface area contributed by atoms with Crippen molar-refractivity contribution in [3.05, 3.63) is 29.6 Å². The lowest BCUT2D eigenvalue weighted by molar-refractivity contribution is -0.169. The topological polar surface area (TPSA) is 101 Å². The van der Waals surface area contributed by atoms with E-state index in [0.29, 0.717) is 11.8 Å². The van der Waals surface area contributed by atoms with Crippen LogP contribution < -0.4 is 11.1 Å². The number of halogens is 1. The van der Waals surface area contributed by atoms with Gasteiger partial charge in [-0.3, -0.25) is 9.78 Å². The maximum Gasteiger partial charge on any atom is 0.317 e. The summed E-state index contributed by atoms with van der Waals surface area (Å²) in [6, 6.07) is 3.81. The largest absolute Gasteiger partial charge is 0.373 e. The van der Waals surface area contributed by atoms with Crippen molar-refractivity contribution in [1.82, 2.24) is 20.1 Å². The highest BCUT2D eigenvalue weighted by Crippen LogP contribution is 2.51. The number of carbonyl (C=O) groups excluding carboxylic acids is 2. The molecule has 3 fully saturated rings. The Morgan fingerprint density at radius 1 is 1.34 bits per heavy atom. The average molecular weight is 424 g/mol. The molecule has 2 saturated heterocycles. The van der Waals surface area contributed by atoms with Crippen LogP contribution in [0.3, 0.4) is 0 Å². The van der Waals surface area contributed by atoms with E-state index in [1.165, 1.54) is 6.42 Å². The van der Waals surface area contributed by atoms with E-state index in [2.05, 4.69) is 15.2 Å². The van der Waals surface area contributed by atoms with Gasteiger partial charge in [0.05, 0.1) is 0 Å². The number of ether oxygens (including phenoxy) is 1. The summed E-state index contributed by atoms with van der Waals surface area (Å²) in [5.74, 6) is 0.153. The Labute approximate surface area is 177 Å². The number of likely N-dealkylation sites (tertiary alicyclic amines) is 1. The molecular formula is C20H30ClN5O3. The molecule has 3 atom stereocenters. The fraction of sp³-hybridized carbons (Fsp3) is 0.650. The average Bonchev–Trinajstić information content (AvgIpc) is 3.10. The number of hydrogen-bond donors (Lipinski definition) is 2. The van der Waals surface area contributed by atoms with Gasteiger partial charge in [0.1, 0.15) is 11.3 Å². The molecule has 0 unspecified atom stereocenters. The molecule has 4 rings (SSSR count). The molecule has 3 amide bonds. The van der Waals surface area contributed by atoms with Gasteiger partial charge in [0.2, 0.25) is 0 Å². The summed E-state index contributed by atoms with van der Waals surface area (Å²) in [5.41, 5.74) is 6.34. The molecule has 0 spiro atoms. The number of amides is 3. The van der Waals surface area contributed by atoms with Crippen LogP contribution in [0.25, 0.3) is 0 Å². The van der Waals surface area contributed by atoms with Gasteiger partial charge in [-0.2, -0.15) is 0 Å².